The Morgan fingerprint density at radius 2 is 1.68 bits per heavy atom. The third-order valence-electron chi connectivity index (χ3n) is 4.55. The summed E-state index contributed by atoms with van der Waals surface area (Å²) < 4.78 is 16.3. The maximum atomic E-state index is 12.8. The summed E-state index contributed by atoms with van der Waals surface area (Å²) in [6, 6.07) is 8.09. The van der Waals surface area contributed by atoms with Gasteiger partial charge in [-0.25, -0.2) is 14.4 Å². The van der Waals surface area contributed by atoms with E-state index in [2.05, 4.69) is 0 Å². The summed E-state index contributed by atoms with van der Waals surface area (Å²) in [6.45, 7) is 12.6. The van der Waals surface area contributed by atoms with Crippen LogP contribution < -0.4 is 0 Å². The Morgan fingerprint density at radius 3 is 2.26 bits per heavy atom. The second-order valence-corrected chi connectivity index (χ2v) is 9.54. The zero-order valence-electron chi connectivity index (χ0n) is 19.3. The van der Waals surface area contributed by atoms with Crippen molar-refractivity contribution in [1.82, 2.24) is 9.80 Å². The molecule has 1 aliphatic rings. The zero-order valence-corrected chi connectivity index (χ0v) is 19.3. The minimum Gasteiger partial charge on any atom is -0.444 e. The fraction of sp³-hybridized carbons (Fsp3) is 0.609. The molecule has 31 heavy (non-hydrogen) atoms. The quantitative estimate of drug-likeness (QED) is 0.513. The summed E-state index contributed by atoms with van der Waals surface area (Å²) in [7, 11) is 0. The second kappa shape index (κ2) is 10.1. The van der Waals surface area contributed by atoms with Gasteiger partial charge >= 0.3 is 18.2 Å². The maximum Gasteiger partial charge on any atom is 0.417 e. The lowest BCUT2D eigenvalue weighted by Gasteiger charge is -2.32. The van der Waals surface area contributed by atoms with E-state index < -0.39 is 23.8 Å². The fourth-order valence-electron chi connectivity index (χ4n) is 3.13. The monoisotopic (exact) mass is 434 g/mol. The van der Waals surface area contributed by atoms with Crippen molar-refractivity contribution < 1.29 is 28.6 Å². The van der Waals surface area contributed by atoms with Gasteiger partial charge in [0.05, 0.1) is 23.8 Å². The highest BCUT2D eigenvalue weighted by Crippen LogP contribution is 2.20. The Kier molecular flexibility index (Phi) is 8.06. The molecule has 1 aromatic carbocycles. The summed E-state index contributed by atoms with van der Waals surface area (Å²) >= 11 is 0. The van der Waals surface area contributed by atoms with Gasteiger partial charge in [-0.15, -0.1) is 0 Å². The summed E-state index contributed by atoms with van der Waals surface area (Å²) in [6.07, 6.45) is -0.611. The number of carbonyl (C=O) groups is 3. The lowest BCUT2D eigenvalue weighted by atomic mass is 10.2. The number of amides is 2. The van der Waals surface area contributed by atoms with Crippen molar-refractivity contribution in [2.75, 3.05) is 26.2 Å². The molecule has 0 spiro atoms. The van der Waals surface area contributed by atoms with E-state index in [4.69, 9.17) is 14.2 Å². The molecule has 1 saturated heterocycles. The van der Waals surface area contributed by atoms with Gasteiger partial charge in [0.1, 0.15) is 5.60 Å². The lowest BCUT2D eigenvalue weighted by molar-refractivity contribution is -0.0266. The largest absolute Gasteiger partial charge is 0.444 e. The topological polar surface area (TPSA) is 85.4 Å². The number of carbonyl (C=O) groups excluding carboxylic acids is 3. The molecular formula is C23H34N2O6. The van der Waals surface area contributed by atoms with Crippen LogP contribution >= 0.6 is 0 Å². The fourth-order valence-corrected chi connectivity index (χ4v) is 3.13. The number of ether oxygens (including phenoxy) is 3. The van der Waals surface area contributed by atoms with Crippen LogP contribution in [0.1, 0.15) is 58.3 Å². The van der Waals surface area contributed by atoms with Crippen LogP contribution in [-0.4, -0.2) is 71.4 Å². The molecule has 1 fully saturated rings. The summed E-state index contributed by atoms with van der Waals surface area (Å²) in [4.78, 5) is 40.5. The number of rotatable bonds is 5. The molecule has 172 valence electrons. The smallest absolute Gasteiger partial charge is 0.417 e. The van der Waals surface area contributed by atoms with Crippen LogP contribution in [0.2, 0.25) is 0 Å². The molecule has 0 radical (unpaired) electrons. The van der Waals surface area contributed by atoms with Crippen LogP contribution in [0.5, 0.6) is 0 Å². The number of nitrogens with zero attached hydrogens (tertiary/aromatic N) is 2. The van der Waals surface area contributed by atoms with Crippen molar-refractivity contribution in [3.63, 3.8) is 0 Å². The molecule has 0 saturated carbocycles. The van der Waals surface area contributed by atoms with Crippen LogP contribution in [-0.2, 0) is 14.2 Å². The first-order valence-electron chi connectivity index (χ1n) is 10.6. The van der Waals surface area contributed by atoms with Gasteiger partial charge in [0.2, 0.25) is 0 Å². The predicted molar refractivity (Wildman–Crippen MR) is 116 cm³/mol. The Labute approximate surface area is 184 Å². The van der Waals surface area contributed by atoms with Crippen LogP contribution in [0, 0.1) is 0 Å². The van der Waals surface area contributed by atoms with Gasteiger partial charge in [-0.2, -0.15) is 0 Å². The molecule has 0 aliphatic carbocycles. The van der Waals surface area contributed by atoms with E-state index in [-0.39, 0.29) is 18.2 Å². The third-order valence-corrected chi connectivity index (χ3v) is 4.55. The lowest BCUT2D eigenvalue weighted by Crippen LogP contribution is -2.47. The number of benzene rings is 1. The molecular weight excluding hydrogens is 400 g/mol. The van der Waals surface area contributed by atoms with Gasteiger partial charge in [0.25, 0.3) is 0 Å². The van der Waals surface area contributed by atoms with Gasteiger partial charge in [0.15, 0.2) is 0 Å². The molecule has 2 amide bonds. The van der Waals surface area contributed by atoms with Crippen molar-refractivity contribution in [2.45, 2.75) is 65.2 Å². The number of esters is 1. The van der Waals surface area contributed by atoms with Crippen LogP contribution in [0.15, 0.2) is 30.3 Å². The highest BCUT2D eigenvalue weighted by Gasteiger charge is 2.36. The van der Waals surface area contributed by atoms with Gasteiger partial charge in [-0.1, -0.05) is 18.2 Å². The molecule has 0 aromatic heterocycles. The first-order chi connectivity index (χ1) is 14.4. The standard InChI is InChI=1S/C23H34N2O6/c1-22(2,3)29-15-14-25(21(28)31-23(4,5)6)18-12-13-24(16-18)20(27)30-19(26)17-10-8-7-9-11-17/h7-11,18H,12-16H2,1-6H3/t18-/m0/s1. The van der Waals surface area contributed by atoms with E-state index in [1.54, 1.807) is 35.2 Å². The highest BCUT2D eigenvalue weighted by molar-refractivity contribution is 5.96. The number of hydrogen-bond acceptors (Lipinski definition) is 6. The molecule has 0 bridgehead atoms. The zero-order chi connectivity index (χ0) is 23.2. The molecule has 0 unspecified atom stereocenters. The van der Waals surface area contributed by atoms with E-state index in [0.29, 0.717) is 31.7 Å². The minimum atomic E-state index is -0.716. The Balaban J connectivity index is 2.00. The Hall–Kier alpha value is -2.61. The molecule has 1 atom stereocenters. The van der Waals surface area contributed by atoms with Crippen LogP contribution in [0.3, 0.4) is 0 Å². The number of hydrogen-bond donors (Lipinski definition) is 0. The average molecular weight is 435 g/mol. The third kappa shape index (κ3) is 8.20. The van der Waals surface area contributed by atoms with E-state index in [9.17, 15) is 14.4 Å². The van der Waals surface area contributed by atoms with Crippen molar-refractivity contribution in [3.05, 3.63) is 35.9 Å². The summed E-state index contributed by atoms with van der Waals surface area (Å²) in [5.41, 5.74) is -0.663. The highest BCUT2D eigenvalue weighted by atomic mass is 16.6. The maximum absolute atomic E-state index is 12.8. The molecule has 1 aliphatic heterocycles. The molecule has 8 nitrogen and oxygen atoms in total. The molecule has 1 heterocycles. The number of likely N-dealkylation sites (tertiary alicyclic amines) is 1. The molecule has 1 aromatic rings. The predicted octanol–water partition coefficient (Wildman–Crippen LogP) is 4.09. The van der Waals surface area contributed by atoms with Crippen molar-refractivity contribution in [1.29, 1.82) is 0 Å². The van der Waals surface area contributed by atoms with Crippen molar-refractivity contribution in [2.24, 2.45) is 0 Å². The summed E-state index contributed by atoms with van der Waals surface area (Å²) in [5.74, 6) is -0.698. The van der Waals surface area contributed by atoms with Gasteiger partial charge in [-0.05, 0) is 60.1 Å². The van der Waals surface area contributed by atoms with Gasteiger partial charge in [-0.3, -0.25) is 0 Å². The van der Waals surface area contributed by atoms with Crippen LogP contribution in [0.4, 0.5) is 9.59 Å². The molecule has 2 rings (SSSR count). The SMILES string of the molecule is CC(C)(C)OCCN(C(=O)OC(C)(C)C)[C@H]1CCN(C(=O)OC(=O)c2ccccc2)C1. The summed E-state index contributed by atoms with van der Waals surface area (Å²) in [5, 5.41) is 0. The average Bonchev–Trinajstić information content (AvgIpc) is 3.13. The normalized spacial score (nSPS) is 16.7. The van der Waals surface area contributed by atoms with Gasteiger partial charge in [0, 0.05) is 19.6 Å². The first kappa shape index (κ1) is 24.7. The van der Waals surface area contributed by atoms with E-state index >= 15 is 0 Å². The second-order valence-electron chi connectivity index (χ2n) is 9.54. The first-order valence-corrected chi connectivity index (χ1v) is 10.6. The minimum absolute atomic E-state index is 0.252. The molecule has 0 N–H and O–H groups in total. The Bertz CT molecular complexity index is 767. The molecule has 8 heteroatoms. The van der Waals surface area contributed by atoms with Crippen LogP contribution in [0.25, 0.3) is 0 Å². The van der Waals surface area contributed by atoms with Crippen molar-refractivity contribution in [3.8, 4) is 0 Å². The Morgan fingerprint density at radius 1 is 1.03 bits per heavy atom. The van der Waals surface area contributed by atoms with Crippen molar-refractivity contribution >= 4 is 18.2 Å². The van der Waals surface area contributed by atoms with Gasteiger partial charge < -0.3 is 24.0 Å². The van der Waals surface area contributed by atoms with E-state index in [1.165, 1.54) is 4.90 Å². The van der Waals surface area contributed by atoms with E-state index in [0.717, 1.165) is 0 Å². The van der Waals surface area contributed by atoms with E-state index in [1.807, 2.05) is 41.5 Å².